The number of nitrogens with one attached hydrogen (secondary N) is 4. The van der Waals surface area contributed by atoms with Gasteiger partial charge in [0.2, 0.25) is 17.6 Å². The van der Waals surface area contributed by atoms with Crippen LogP contribution >= 0.6 is 0 Å². The fraction of sp³-hybridized carbons (Fsp3) is 0.441. The van der Waals surface area contributed by atoms with Crippen molar-refractivity contribution in [3.05, 3.63) is 71.9 Å². The van der Waals surface area contributed by atoms with E-state index in [0.29, 0.717) is 18.7 Å². The summed E-state index contributed by atoms with van der Waals surface area (Å²) in [5.74, 6) is -3.67. The van der Waals surface area contributed by atoms with Crippen molar-refractivity contribution in [2.45, 2.75) is 76.3 Å². The molecule has 5 rings (SSSR count). The maximum absolute atomic E-state index is 13.9. The second-order valence-electron chi connectivity index (χ2n) is 11.9. The first-order chi connectivity index (χ1) is 20.9. The van der Waals surface area contributed by atoms with Crippen LogP contribution in [-0.4, -0.2) is 52.9 Å². The van der Waals surface area contributed by atoms with Crippen molar-refractivity contribution >= 4 is 40.2 Å². The monoisotopic (exact) mass is 584 g/mol. The van der Waals surface area contributed by atoms with Gasteiger partial charge in [-0.15, -0.1) is 0 Å². The van der Waals surface area contributed by atoms with Crippen LogP contribution in [0.5, 0.6) is 0 Å². The minimum atomic E-state index is -1.17. The Labute approximate surface area is 251 Å². The lowest BCUT2D eigenvalue weighted by Gasteiger charge is -2.28. The normalized spacial score (nSPS) is 18.8. The third-order valence-corrected chi connectivity index (χ3v) is 8.67. The average Bonchev–Trinajstić information content (AvgIpc) is 3.47. The number of Topliss-reactive ketones (excluding diaryl/α,β-unsaturated/α-hetero) is 2. The van der Waals surface area contributed by atoms with Crippen molar-refractivity contribution in [3.8, 4) is 0 Å². The molecule has 9 nitrogen and oxygen atoms in total. The summed E-state index contributed by atoms with van der Waals surface area (Å²) in [5.41, 5.74) is 2.11. The van der Waals surface area contributed by atoms with Crippen LogP contribution in [0.3, 0.4) is 0 Å². The Balaban J connectivity index is 1.35. The lowest BCUT2D eigenvalue weighted by atomic mass is 9.88. The third-order valence-electron chi connectivity index (χ3n) is 8.67. The highest BCUT2D eigenvalue weighted by Gasteiger charge is 2.35. The molecule has 1 aliphatic carbocycles. The topological polar surface area (TPSA) is 137 Å². The van der Waals surface area contributed by atoms with Gasteiger partial charge in [-0.3, -0.25) is 24.0 Å². The van der Waals surface area contributed by atoms with Crippen molar-refractivity contribution in [1.82, 2.24) is 20.9 Å². The zero-order valence-electron chi connectivity index (χ0n) is 24.4. The highest BCUT2D eigenvalue weighted by Crippen LogP contribution is 2.23. The van der Waals surface area contributed by atoms with E-state index in [1.807, 2.05) is 54.6 Å². The Hall–Kier alpha value is -4.27. The first-order valence-electron chi connectivity index (χ1n) is 15.4. The number of para-hydroxylation sites is 1. The molecule has 0 spiro atoms. The van der Waals surface area contributed by atoms with E-state index in [0.717, 1.165) is 55.0 Å². The molecule has 2 fully saturated rings. The summed E-state index contributed by atoms with van der Waals surface area (Å²) in [4.78, 5) is 69.7. The van der Waals surface area contributed by atoms with Gasteiger partial charge in [0, 0.05) is 41.7 Å². The van der Waals surface area contributed by atoms with Crippen LogP contribution in [0.4, 0.5) is 0 Å². The second kappa shape index (κ2) is 14.3. The number of carbonyl (C=O) groups excluding carboxylic acids is 5. The van der Waals surface area contributed by atoms with Gasteiger partial charge >= 0.3 is 0 Å². The Kier molecular flexibility index (Phi) is 10.0. The van der Waals surface area contributed by atoms with Crippen LogP contribution < -0.4 is 16.0 Å². The number of amides is 3. The maximum Gasteiger partial charge on any atom is 0.289 e. The summed E-state index contributed by atoms with van der Waals surface area (Å²) in [6.07, 6.45) is 6.27. The van der Waals surface area contributed by atoms with E-state index in [-0.39, 0.29) is 37.0 Å². The number of fused-ring (bicyclic) bond motifs is 1. The number of carbonyl (C=O) groups is 5. The zero-order valence-corrected chi connectivity index (χ0v) is 24.4. The summed E-state index contributed by atoms with van der Waals surface area (Å²) < 4.78 is 0. The Morgan fingerprint density at radius 1 is 0.884 bits per heavy atom. The standard InChI is InChI=1S/C34H40N4O5/c39-30(28-19-23-12-7-8-16-27(23)37-28)21-25(18-22-10-3-1-4-11-22)33(42)38-29(20-24-13-9-17-35-32(24)41)31(40)34(43)36-26-14-5-2-6-15-26/h1,3-4,7-8,10-12,16,19,24-26,29,37H,2,5-6,9,13-15,17-18,20-21H2,(H,35,41)(H,36,43)(H,38,42)/t24-,25+,29-/m0/s1. The van der Waals surface area contributed by atoms with Gasteiger partial charge in [0.1, 0.15) is 0 Å². The molecule has 2 aromatic carbocycles. The number of hydrogen-bond donors (Lipinski definition) is 4. The summed E-state index contributed by atoms with van der Waals surface area (Å²) in [5, 5.41) is 9.39. The molecular formula is C34H40N4O5. The van der Waals surface area contributed by atoms with Gasteiger partial charge < -0.3 is 20.9 Å². The zero-order chi connectivity index (χ0) is 30.2. The lowest BCUT2D eigenvalue weighted by Crippen LogP contribution is -2.53. The summed E-state index contributed by atoms with van der Waals surface area (Å²) >= 11 is 0. The van der Waals surface area contributed by atoms with Gasteiger partial charge in [0.15, 0.2) is 5.78 Å². The number of H-pyrrole nitrogens is 1. The van der Waals surface area contributed by atoms with E-state index in [1.165, 1.54) is 0 Å². The minimum Gasteiger partial charge on any atom is -0.356 e. The number of rotatable bonds is 12. The first-order valence-corrected chi connectivity index (χ1v) is 15.4. The van der Waals surface area contributed by atoms with E-state index >= 15 is 0 Å². The van der Waals surface area contributed by atoms with Gasteiger partial charge in [-0.2, -0.15) is 0 Å². The molecule has 2 aliphatic rings. The van der Waals surface area contributed by atoms with Crippen LogP contribution in [0.2, 0.25) is 0 Å². The van der Waals surface area contributed by atoms with Crippen molar-refractivity contribution < 1.29 is 24.0 Å². The van der Waals surface area contributed by atoms with Gasteiger partial charge in [0.05, 0.1) is 11.7 Å². The molecule has 43 heavy (non-hydrogen) atoms. The lowest BCUT2D eigenvalue weighted by molar-refractivity contribution is -0.141. The fourth-order valence-electron chi connectivity index (χ4n) is 6.24. The van der Waals surface area contributed by atoms with E-state index < -0.39 is 35.5 Å². The smallest absolute Gasteiger partial charge is 0.289 e. The molecule has 3 aromatic rings. The highest BCUT2D eigenvalue weighted by atomic mass is 16.2. The molecule has 4 N–H and O–H groups in total. The van der Waals surface area contributed by atoms with E-state index in [1.54, 1.807) is 6.07 Å². The molecule has 226 valence electrons. The predicted molar refractivity (Wildman–Crippen MR) is 163 cm³/mol. The second-order valence-corrected chi connectivity index (χ2v) is 11.9. The molecule has 1 aliphatic heterocycles. The number of aromatic nitrogens is 1. The molecular weight excluding hydrogens is 544 g/mol. The molecule has 0 radical (unpaired) electrons. The van der Waals surface area contributed by atoms with Crippen LogP contribution in [0.15, 0.2) is 60.7 Å². The fourth-order valence-corrected chi connectivity index (χ4v) is 6.24. The van der Waals surface area contributed by atoms with Gasteiger partial charge in [-0.1, -0.05) is 67.8 Å². The molecule has 3 atom stereocenters. The van der Waals surface area contributed by atoms with Crippen molar-refractivity contribution in [1.29, 1.82) is 0 Å². The summed E-state index contributed by atoms with van der Waals surface area (Å²) in [6, 6.07) is 17.5. The average molecular weight is 585 g/mol. The summed E-state index contributed by atoms with van der Waals surface area (Å²) in [7, 11) is 0. The molecule has 1 saturated heterocycles. The predicted octanol–water partition coefficient (Wildman–Crippen LogP) is 4.02. The van der Waals surface area contributed by atoms with Crippen LogP contribution in [0, 0.1) is 11.8 Å². The molecule has 2 heterocycles. The van der Waals surface area contributed by atoms with E-state index in [2.05, 4.69) is 20.9 Å². The quantitative estimate of drug-likeness (QED) is 0.188. The van der Waals surface area contributed by atoms with Crippen molar-refractivity contribution in [3.63, 3.8) is 0 Å². The minimum absolute atomic E-state index is 0.0303. The van der Waals surface area contributed by atoms with Crippen LogP contribution in [-0.2, 0) is 25.6 Å². The number of benzene rings is 2. The molecule has 3 amide bonds. The van der Waals surface area contributed by atoms with Crippen LogP contribution in [0.1, 0.15) is 73.8 Å². The molecule has 0 unspecified atom stereocenters. The summed E-state index contributed by atoms with van der Waals surface area (Å²) in [6.45, 7) is 0.567. The number of aromatic amines is 1. The van der Waals surface area contributed by atoms with Crippen LogP contribution in [0.25, 0.3) is 10.9 Å². The molecule has 1 aromatic heterocycles. The molecule has 1 saturated carbocycles. The highest BCUT2D eigenvalue weighted by molar-refractivity contribution is 6.38. The Morgan fingerprint density at radius 2 is 1.63 bits per heavy atom. The molecule has 0 bridgehead atoms. The number of ketones is 2. The van der Waals surface area contributed by atoms with Gasteiger partial charge in [-0.25, -0.2) is 0 Å². The van der Waals surface area contributed by atoms with E-state index in [4.69, 9.17) is 0 Å². The third kappa shape index (κ3) is 7.97. The molecule has 9 heteroatoms. The number of hydrogen-bond acceptors (Lipinski definition) is 5. The number of piperidine rings is 1. The maximum atomic E-state index is 13.9. The van der Waals surface area contributed by atoms with Crippen molar-refractivity contribution in [2.24, 2.45) is 11.8 Å². The van der Waals surface area contributed by atoms with Crippen molar-refractivity contribution in [2.75, 3.05) is 6.54 Å². The largest absolute Gasteiger partial charge is 0.356 e. The van der Waals surface area contributed by atoms with Gasteiger partial charge in [0.25, 0.3) is 5.91 Å². The van der Waals surface area contributed by atoms with Gasteiger partial charge in [-0.05, 0) is 56.2 Å². The first kappa shape index (κ1) is 30.2. The Morgan fingerprint density at radius 3 is 2.37 bits per heavy atom. The van der Waals surface area contributed by atoms with E-state index in [9.17, 15) is 24.0 Å². The SMILES string of the molecule is O=C(NC1CCCCC1)C(=O)[C@H](C[C@@H]1CCCNC1=O)NC(=O)[C@@H](CC(=O)c1cc2ccccc2[nH]1)Cc1ccccc1. The Bertz CT molecular complexity index is 1430.